The minimum atomic E-state index is -2.94. The molecule has 0 aromatic heterocycles. The van der Waals surface area contributed by atoms with Gasteiger partial charge in [-0.3, -0.25) is 4.79 Å². The van der Waals surface area contributed by atoms with Gasteiger partial charge in [-0.2, -0.15) is 0 Å². The third-order valence-corrected chi connectivity index (χ3v) is 5.64. The summed E-state index contributed by atoms with van der Waals surface area (Å²) in [5.74, 6) is 0.193. The summed E-state index contributed by atoms with van der Waals surface area (Å²) in [5.41, 5.74) is 2.44. The van der Waals surface area contributed by atoms with Crippen LogP contribution in [-0.4, -0.2) is 49.9 Å². The van der Waals surface area contributed by atoms with Crippen molar-refractivity contribution in [3.05, 3.63) is 35.4 Å². The molecule has 2 heterocycles. The van der Waals surface area contributed by atoms with Gasteiger partial charge in [0, 0.05) is 19.6 Å². The van der Waals surface area contributed by atoms with Crippen molar-refractivity contribution < 1.29 is 13.2 Å². The molecule has 1 aromatic rings. The summed E-state index contributed by atoms with van der Waals surface area (Å²) in [7, 11) is -2.94. The molecular formula is C14H18N2O3S. The highest BCUT2D eigenvalue weighted by Gasteiger charge is 2.31. The highest BCUT2D eigenvalue weighted by molar-refractivity contribution is 7.91. The second kappa shape index (κ2) is 5.18. The molecule has 1 fully saturated rings. The summed E-state index contributed by atoms with van der Waals surface area (Å²) >= 11 is 0. The molecule has 5 nitrogen and oxygen atoms in total. The van der Waals surface area contributed by atoms with Crippen LogP contribution in [0.3, 0.4) is 0 Å². The van der Waals surface area contributed by atoms with Crippen LogP contribution in [0.5, 0.6) is 0 Å². The molecule has 6 heteroatoms. The average molecular weight is 294 g/mol. The first-order valence-electron chi connectivity index (χ1n) is 6.84. The van der Waals surface area contributed by atoms with Gasteiger partial charge in [0.2, 0.25) is 5.91 Å². The maximum absolute atomic E-state index is 12.4. The Morgan fingerprint density at radius 2 is 1.80 bits per heavy atom. The molecule has 0 radical (unpaired) electrons. The molecule has 2 aliphatic rings. The van der Waals surface area contributed by atoms with Crippen LogP contribution in [0.15, 0.2) is 24.3 Å². The van der Waals surface area contributed by atoms with Crippen LogP contribution in [0, 0.1) is 0 Å². The van der Waals surface area contributed by atoms with E-state index in [0.717, 1.165) is 0 Å². The molecule has 1 amide bonds. The maximum atomic E-state index is 12.4. The van der Waals surface area contributed by atoms with Crippen molar-refractivity contribution in [2.45, 2.75) is 19.0 Å². The van der Waals surface area contributed by atoms with E-state index in [9.17, 15) is 13.2 Å². The minimum Gasteiger partial charge on any atom is -0.339 e. The van der Waals surface area contributed by atoms with Gasteiger partial charge in [-0.25, -0.2) is 8.42 Å². The number of benzene rings is 1. The van der Waals surface area contributed by atoms with E-state index in [1.807, 2.05) is 12.1 Å². The molecule has 0 aliphatic carbocycles. The Bertz CT molecular complexity index is 613. The van der Waals surface area contributed by atoms with E-state index in [4.69, 9.17) is 0 Å². The van der Waals surface area contributed by atoms with Gasteiger partial charge >= 0.3 is 0 Å². The van der Waals surface area contributed by atoms with Gasteiger partial charge in [-0.15, -0.1) is 0 Å². The summed E-state index contributed by atoms with van der Waals surface area (Å²) in [6.07, 6.45) is 0.679. The number of fused-ring (bicyclic) bond motifs is 1. The van der Waals surface area contributed by atoms with Crippen LogP contribution in [-0.2, 0) is 27.6 Å². The van der Waals surface area contributed by atoms with Crippen molar-refractivity contribution in [2.75, 3.05) is 24.6 Å². The standard InChI is InChI=1S/C14H18N2O3S/c17-14(16-5-7-20(18,19)8-6-16)13-9-11-3-1-2-4-12(11)10-15-13/h1-4,13,15H,5-10H2/t13-/m1/s1. The zero-order valence-electron chi connectivity index (χ0n) is 11.2. The van der Waals surface area contributed by atoms with Crippen LogP contribution in [0.25, 0.3) is 0 Å². The summed E-state index contributed by atoms with van der Waals surface area (Å²) < 4.78 is 22.8. The Hall–Kier alpha value is -1.40. The highest BCUT2D eigenvalue weighted by Crippen LogP contribution is 2.18. The summed E-state index contributed by atoms with van der Waals surface area (Å²) in [4.78, 5) is 14.1. The monoisotopic (exact) mass is 294 g/mol. The van der Waals surface area contributed by atoms with Crippen LogP contribution >= 0.6 is 0 Å². The molecule has 3 rings (SSSR count). The molecule has 1 atom stereocenters. The van der Waals surface area contributed by atoms with E-state index >= 15 is 0 Å². The lowest BCUT2D eigenvalue weighted by Crippen LogP contribution is -2.53. The quantitative estimate of drug-likeness (QED) is 0.789. The van der Waals surface area contributed by atoms with Gasteiger partial charge < -0.3 is 10.2 Å². The van der Waals surface area contributed by atoms with Gasteiger partial charge in [-0.05, 0) is 17.5 Å². The van der Waals surface area contributed by atoms with Gasteiger partial charge in [0.05, 0.1) is 17.5 Å². The van der Waals surface area contributed by atoms with E-state index in [1.54, 1.807) is 4.90 Å². The normalized spacial score (nSPS) is 25.0. The first-order chi connectivity index (χ1) is 9.55. The SMILES string of the molecule is O=C([C@H]1Cc2ccccc2CN1)N1CCS(=O)(=O)CC1. The van der Waals surface area contributed by atoms with Crippen molar-refractivity contribution in [2.24, 2.45) is 0 Å². The molecule has 1 aromatic carbocycles. The fraction of sp³-hybridized carbons (Fsp3) is 0.500. The molecule has 0 unspecified atom stereocenters. The number of hydrogen-bond donors (Lipinski definition) is 1. The first-order valence-corrected chi connectivity index (χ1v) is 8.67. The van der Waals surface area contributed by atoms with E-state index < -0.39 is 9.84 Å². The smallest absolute Gasteiger partial charge is 0.240 e. The first kappa shape index (κ1) is 13.6. The summed E-state index contributed by atoms with van der Waals surface area (Å²) in [5, 5.41) is 3.25. The number of nitrogens with one attached hydrogen (secondary N) is 1. The lowest BCUT2D eigenvalue weighted by Gasteiger charge is -2.33. The largest absolute Gasteiger partial charge is 0.339 e. The Morgan fingerprint density at radius 1 is 1.15 bits per heavy atom. The number of nitrogens with zero attached hydrogens (tertiary/aromatic N) is 1. The van der Waals surface area contributed by atoms with Crippen LogP contribution in [0.4, 0.5) is 0 Å². The minimum absolute atomic E-state index is 0.0226. The molecule has 0 saturated carbocycles. The summed E-state index contributed by atoms with van der Waals surface area (Å²) in [6.45, 7) is 1.33. The van der Waals surface area contributed by atoms with Crippen molar-refractivity contribution in [1.29, 1.82) is 0 Å². The molecule has 20 heavy (non-hydrogen) atoms. The number of sulfone groups is 1. The fourth-order valence-electron chi connectivity index (χ4n) is 2.78. The van der Waals surface area contributed by atoms with E-state index in [2.05, 4.69) is 17.4 Å². The van der Waals surface area contributed by atoms with Crippen LogP contribution in [0.1, 0.15) is 11.1 Å². The summed E-state index contributed by atoms with van der Waals surface area (Å²) in [6, 6.07) is 7.87. The van der Waals surface area contributed by atoms with Gasteiger partial charge in [-0.1, -0.05) is 24.3 Å². The van der Waals surface area contributed by atoms with Crippen molar-refractivity contribution in [3.63, 3.8) is 0 Å². The second-order valence-electron chi connectivity index (χ2n) is 5.38. The molecule has 2 aliphatic heterocycles. The lowest BCUT2D eigenvalue weighted by molar-refractivity contribution is -0.133. The number of amides is 1. The Balaban J connectivity index is 1.68. The van der Waals surface area contributed by atoms with Crippen LogP contribution < -0.4 is 5.32 Å². The number of rotatable bonds is 1. The number of carbonyl (C=O) groups excluding carboxylic acids is 1. The van der Waals surface area contributed by atoms with Crippen molar-refractivity contribution in [1.82, 2.24) is 10.2 Å². The number of hydrogen-bond acceptors (Lipinski definition) is 4. The third kappa shape index (κ3) is 2.71. The van der Waals surface area contributed by atoms with Gasteiger partial charge in [0.1, 0.15) is 0 Å². The highest BCUT2D eigenvalue weighted by atomic mass is 32.2. The molecule has 108 valence electrons. The Morgan fingerprint density at radius 3 is 2.50 bits per heavy atom. The molecule has 1 saturated heterocycles. The fourth-order valence-corrected chi connectivity index (χ4v) is 3.98. The predicted octanol–water partition coefficient (Wildman–Crippen LogP) is -0.0421. The Kier molecular flexibility index (Phi) is 3.52. The lowest BCUT2D eigenvalue weighted by atomic mass is 9.95. The Labute approximate surface area is 118 Å². The average Bonchev–Trinajstić information content (AvgIpc) is 2.46. The molecule has 0 spiro atoms. The van der Waals surface area contributed by atoms with Crippen molar-refractivity contribution >= 4 is 15.7 Å². The molecular weight excluding hydrogens is 276 g/mol. The molecule has 0 bridgehead atoms. The number of carbonyl (C=O) groups is 1. The van der Waals surface area contributed by atoms with E-state index in [1.165, 1.54) is 11.1 Å². The maximum Gasteiger partial charge on any atom is 0.240 e. The third-order valence-electron chi connectivity index (χ3n) is 4.04. The van der Waals surface area contributed by atoms with Crippen LogP contribution in [0.2, 0.25) is 0 Å². The topological polar surface area (TPSA) is 66.5 Å². The van der Waals surface area contributed by atoms with Gasteiger partial charge in [0.25, 0.3) is 0 Å². The zero-order chi connectivity index (χ0) is 14.2. The zero-order valence-corrected chi connectivity index (χ0v) is 12.0. The van der Waals surface area contributed by atoms with E-state index in [0.29, 0.717) is 26.1 Å². The molecule has 1 N–H and O–H groups in total. The second-order valence-corrected chi connectivity index (χ2v) is 7.69. The predicted molar refractivity (Wildman–Crippen MR) is 76.0 cm³/mol. The van der Waals surface area contributed by atoms with E-state index in [-0.39, 0.29) is 23.5 Å². The van der Waals surface area contributed by atoms with Crippen molar-refractivity contribution in [3.8, 4) is 0 Å². The van der Waals surface area contributed by atoms with Gasteiger partial charge in [0.15, 0.2) is 9.84 Å².